The number of carbonyl (C=O) groups excluding carboxylic acids is 2. The molecule has 0 radical (unpaired) electrons. The largest absolute Gasteiger partial charge is 0.469 e. The number of para-hydroxylation sites is 1. The van der Waals surface area contributed by atoms with Crippen LogP contribution in [0.2, 0.25) is 0 Å². The normalized spacial score (nSPS) is 11.8. The van der Waals surface area contributed by atoms with E-state index in [1.165, 1.54) is 11.8 Å². The molecule has 0 saturated carbocycles. The SMILES string of the molecule is Cc1occc1-c1nnc(SC(C)C(=O)NC(=O)Nc2ccccc2)n1C. The second-order valence-corrected chi connectivity index (χ2v) is 7.13. The summed E-state index contributed by atoms with van der Waals surface area (Å²) < 4.78 is 7.09. The van der Waals surface area contributed by atoms with Crippen molar-refractivity contribution in [3.8, 4) is 11.4 Å². The highest BCUT2D eigenvalue weighted by molar-refractivity contribution is 8.00. The maximum absolute atomic E-state index is 12.3. The van der Waals surface area contributed by atoms with Gasteiger partial charge < -0.3 is 14.3 Å². The van der Waals surface area contributed by atoms with Crippen molar-refractivity contribution >= 4 is 29.4 Å². The molecule has 3 aromatic rings. The van der Waals surface area contributed by atoms with Gasteiger partial charge in [-0.05, 0) is 32.0 Å². The molecule has 0 bridgehead atoms. The number of rotatable bonds is 5. The number of amides is 3. The number of anilines is 1. The molecular formula is C18H19N5O3S. The molecule has 3 rings (SSSR count). The van der Waals surface area contributed by atoms with E-state index in [0.717, 1.165) is 11.3 Å². The number of aromatic nitrogens is 3. The van der Waals surface area contributed by atoms with Gasteiger partial charge in [0.2, 0.25) is 5.91 Å². The van der Waals surface area contributed by atoms with E-state index in [9.17, 15) is 9.59 Å². The molecule has 140 valence electrons. The van der Waals surface area contributed by atoms with Gasteiger partial charge in [-0.1, -0.05) is 30.0 Å². The molecule has 0 aliphatic carbocycles. The lowest BCUT2D eigenvalue weighted by atomic mass is 10.2. The predicted octanol–water partition coefficient (Wildman–Crippen LogP) is 3.21. The predicted molar refractivity (Wildman–Crippen MR) is 102 cm³/mol. The number of nitrogens with one attached hydrogen (secondary N) is 2. The summed E-state index contributed by atoms with van der Waals surface area (Å²) in [5.41, 5.74) is 1.45. The van der Waals surface area contributed by atoms with Crippen LogP contribution in [-0.2, 0) is 11.8 Å². The molecule has 0 aliphatic heterocycles. The summed E-state index contributed by atoms with van der Waals surface area (Å²) in [5, 5.41) is 13.3. The Balaban J connectivity index is 1.61. The highest BCUT2D eigenvalue weighted by Gasteiger charge is 2.21. The van der Waals surface area contributed by atoms with E-state index in [1.807, 2.05) is 26.1 Å². The molecule has 27 heavy (non-hydrogen) atoms. The zero-order valence-corrected chi connectivity index (χ0v) is 15.9. The molecular weight excluding hydrogens is 366 g/mol. The zero-order valence-electron chi connectivity index (χ0n) is 15.1. The van der Waals surface area contributed by atoms with Gasteiger partial charge in [0.05, 0.1) is 17.1 Å². The molecule has 0 spiro atoms. The highest BCUT2D eigenvalue weighted by atomic mass is 32.2. The molecule has 3 amide bonds. The molecule has 2 aromatic heterocycles. The third-order valence-electron chi connectivity index (χ3n) is 3.85. The Morgan fingerprint density at radius 1 is 1.19 bits per heavy atom. The molecule has 2 N–H and O–H groups in total. The van der Waals surface area contributed by atoms with Gasteiger partial charge >= 0.3 is 6.03 Å². The lowest BCUT2D eigenvalue weighted by Crippen LogP contribution is -2.38. The van der Waals surface area contributed by atoms with Crippen molar-refractivity contribution in [2.45, 2.75) is 24.3 Å². The van der Waals surface area contributed by atoms with Gasteiger partial charge in [0.15, 0.2) is 11.0 Å². The van der Waals surface area contributed by atoms with E-state index in [1.54, 1.807) is 42.0 Å². The summed E-state index contributed by atoms with van der Waals surface area (Å²) in [4.78, 5) is 24.2. The smallest absolute Gasteiger partial charge is 0.325 e. The van der Waals surface area contributed by atoms with Crippen LogP contribution in [0.3, 0.4) is 0 Å². The molecule has 0 saturated heterocycles. The Bertz CT molecular complexity index is 951. The maximum Gasteiger partial charge on any atom is 0.325 e. The first kappa shape index (κ1) is 18.7. The van der Waals surface area contributed by atoms with Gasteiger partial charge in [0, 0.05) is 12.7 Å². The summed E-state index contributed by atoms with van der Waals surface area (Å²) in [6.45, 7) is 3.55. The standard InChI is InChI=1S/C18H19N5O3S/c1-11-14(9-10-26-11)15-21-22-18(23(15)3)27-12(2)16(24)20-17(25)19-13-7-5-4-6-8-13/h4-10,12H,1-3H3,(H2,19,20,24,25). The van der Waals surface area contributed by atoms with Crippen LogP contribution in [-0.4, -0.2) is 32.0 Å². The van der Waals surface area contributed by atoms with Gasteiger partial charge in [-0.2, -0.15) is 0 Å². The van der Waals surface area contributed by atoms with Crippen LogP contribution in [0, 0.1) is 6.92 Å². The van der Waals surface area contributed by atoms with E-state index in [4.69, 9.17) is 4.42 Å². The third-order valence-corrected chi connectivity index (χ3v) is 4.99. The van der Waals surface area contributed by atoms with Crippen LogP contribution in [0.5, 0.6) is 0 Å². The minimum Gasteiger partial charge on any atom is -0.469 e. The molecule has 0 aliphatic rings. The van der Waals surface area contributed by atoms with Crippen molar-refractivity contribution in [1.29, 1.82) is 0 Å². The summed E-state index contributed by atoms with van der Waals surface area (Å²) in [7, 11) is 1.82. The Morgan fingerprint density at radius 3 is 2.59 bits per heavy atom. The average molecular weight is 385 g/mol. The first-order chi connectivity index (χ1) is 13.0. The van der Waals surface area contributed by atoms with Gasteiger partial charge in [0.1, 0.15) is 5.76 Å². The summed E-state index contributed by atoms with van der Waals surface area (Å²) >= 11 is 1.22. The monoisotopic (exact) mass is 385 g/mol. The number of aryl methyl sites for hydroxylation is 1. The first-order valence-electron chi connectivity index (χ1n) is 8.23. The van der Waals surface area contributed by atoms with Crippen LogP contribution in [0.1, 0.15) is 12.7 Å². The van der Waals surface area contributed by atoms with Crippen LogP contribution in [0.15, 0.2) is 52.2 Å². The van der Waals surface area contributed by atoms with Crippen LogP contribution < -0.4 is 10.6 Å². The highest BCUT2D eigenvalue weighted by Crippen LogP contribution is 2.27. The lowest BCUT2D eigenvalue weighted by Gasteiger charge is -2.11. The van der Waals surface area contributed by atoms with Crippen molar-refractivity contribution in [2.24, 2.45) is 7.05 Å². The number of urea groups is 1. The van der Waals surface area contributed by atoms with Crippen molar-refractivity contribution in [1.82, 2.24) is 20.1 Å². The Hall–Kier alpha value is -3.07. The van der Waals surface area contributed by atoms with E-state index >= 15 is 0 Å². The molecule has 1 aromatic carbocycles. The number of thioether (sulfide) groups is 1. The minimum absolute atomic E-state index is 0.419. The number of imide groups is 1. The molecule has 8 nitrogen and oxygen atoms in total. The lowest BCUT2D eigenvalue weighted by molar-refractivity contribution is -0.119. The Kier molecular flexibility index (Phi) is 5.60. The summed E-state index contributed by atoms with van der Waals surface area (Å²) in [6, 6.07) is 10.1. The number of hydrogen-bond donors (Lipinski definition) is 2. The fraction of sp³-hybridized carbons (Fsp3) is 0.222. The van der Waals surface area contributed by atoms with Gasteiger partial charge in [0.25, 0.3) is 0 Å². The Labute approximate surface area is 160 Å². The maximum atomic E-state index is 12.3. The second-order valence-electron chi connectivity index (χ2n) is 5.83. The molecule has 0 fully saturated rings. The van der Waals surface area contributed by atoms with E-state index in [-0.39, 0.29) is 0 Å². The van der Waals surface area contributed by atoms with E-state index < -0.39 is 17.2 Å². The molecule has 2 heterocycles. The number of furan rings is 1. The fourth-order valence-corrected chi connectivity index (χ4v) is 3.19. The number of benzene rings is 1. The summed E-state index contributed by atoms with van der Waals surface area (Å²) in [6.07, 6.45) is 1.59. The van der Waals surface area contributed by atoms with Crippen molar-refractivity contribution in [2.75, 3.05) is 5.32 Å². The Morgan fingerprint density at radius 2 is 1.93 bits per heavy atom. The zero-order chi connectivity index (χ0) is 19.4. The second kappa shape index (κ2) is 8.09. The topological polar surface area (TPSA) is 102 Å². The van der Waals surface area contributed by atoms with Crippen molar-refractivity contribution in [3.05, 3.63) is 48.4 Å². The molecule has 1 unspecified atom stereocenters. The molecule has 1 atom stereocenters. The number of hydrogen-bond acceptors (Lipinski definition) is 6. The number of carbonyl (C=O) groups is 2. The third kappa shape index (κ3) is 4.37. The van der Waals surface area contributed by atoms with Gasteiger partial charge in [-0.15, -0.1) is 10.2 Å². The van der Waals surface area contributed by atoms with Crippen LogP contribution in [0.25, 0.3) is 11.4 Å². The first-order valence-corrected chi connectivity index (χ1v) is 9.11. The molecule has 9 heteroatoms. The minimum atomic E-state index is -0.577. The van der Waals surface area contributed by atoms with E-state index in [2.05, 4.69) is 20.8 Å². The van der Waals surface area contributed by atoms with Gasteiger partial charge in [-0.25, -0.2) is 4.79 Å². The fourth-order valence-electron chi connectivity index (χ4n) is 2.38. The van der Waals surface area contributed by atoms with Gasteiger partial charge in [-0.3, -0.25) is 10.1 Å². The number of nitrogens with zero attached hydrogens (tertiary/aromatic N) is 3. The van der Waals surface area contributed by atoms with Crippen LogP contribution >= 0.6 is 11.8 Å². The van der Waals surface area contributed by atoms with E-state index in [0.29, 0.717) is 16.7 Å². The average Bonchev–Trinajstić information content (AvgIpc) is 3.21. The van der Waals surface area contributed by atoms with Crippen LogP contribution in [0.4, 0.5) is 10.5 Å². The van der Waals surface area contributed by atoms with Crippen molar-refractivity contribution in [3.63, 3.8) is 0 Å². The summed E-state index contributed by atoms with van der Waals surface area (Å²) in [5.74, 6) is 0.973. The quantitative estimate of drug-likeness (QED) is 0.654. The van der Waals surface area contributed by atoms with Crippen molar-refractivity contribution < 1.29 is 14.0 Å².